The van der Waals surface area contributed by atoms with Gasteiger partial charge in [-0.1, -0.05) is 62.4 Å². The Balaban J connectivity index is 1.81. The second-order valence-electron chi connectivity index (χ2n) is 10.2. The highest BCUT2D eigenvalue weighted by Crippen LogP contribution is 2.23. The molecule has 41 heavy (non-hydrogen) atoms. The molecule has 1 aliphatic rings. The normalized spacial score (nSPS) is 17.2. The summed E-state index contributed by atoms with van der Waals surface area (Å²) in [7, 11) is -5.08. The first kappa shape index (κ1) is 31.6. The number of benzene rings is 2. The van der Waals surface area contributed by atoms with Crippen LogP contribution in [0.25, 0.3) is 0 Å². The first-order valence-corrected chi connectivity index (χ1v) is 14.7. The van der Waals surface area contributed by atoms with Crippen molar-refractivity contribution in [3.05, 3.63) is 71.8 Å². The highest BCUT2D eigenvalue weighted by Gasteiger charge is 2.41. The van der Waals surface area contributed by atoms with Crippen molar-refractivity contribution in [2.45, 2.75) is 57.2 Å². The van der Waals surface area contributed by atoms with E-state index in [1.54, 1.807) is 42.5 Å². The number of nitrogens with one attached hydrogen (secondary N) is 3. The van der Waals surface area contributed by atoms with Crippen LogP contribution in [-0.2, 0) is 35.8 Å². The van der Waals surface area contributed by atoms with Gasteiger partial charge < -0.3 is 25.4 Å². The third kappa shape index (κ3) is 9.87. The Morgan fingerprint density at radius 2 is 1.66 bits per heavy atom. The fourth-order valence-electron chi connectivity index (χ4n) is 4.41. The Morgan fingerprint density at radius 3 is 2.22 bits per heavy atom. The molecule has 1 aliphatic heterocycles. The van der Waals surface area contributed by atoms with Gasteiger partial charge in [-0.2, -0.15) is 8.42 Å². The number of hydrogen-bond acceptors (Lipinski definition) is 8. The minimum Gasteiger partial charge on any atom is -0.445 e. The number of rotatable bonds is 13. The maximum atomic E-state index is 13.4. The van der Waals surface area contributed by atoms with E-state index < -0.39 is 51.5 Å². The molecule has 0 spiro atoms. The second kappa shape index (κ2) is 14.6. The van der Waals surface area contributed by atoms with Crippen molar-refractivity contribution in [2.24, 2.45) is 11.8 Å². The van der Waals surface area contributed by atoms with Crippen LogP contribution in [-0.4, -0.2) is 60.9 Å². The zero-order valence-electron chi connectivity index (χ0n) is 22.8. The summed E-state index contributed by atoms with van der Waals surface area (Å²) >= 11 is 0. The molecule has 222 valence electrons. The Hall–Kier alpha value is -3.97. The zero-order valence-corrected chi connectivity index (χ0v) is 23.6. The van der Waals surface area contributed by atoms with Crippen molar-refractivity contribution in [3.63, 3.8) is 0 Å². The van der Waals surface area contributed by atoms with Gasteiger partial charge in [-0.25, -0.2) is 9.59 Å². The molecule has 1 unspecified atom stereocenters. The number of alkyl carbamates (subject to hydrolysis) is 1. The summed E-state index contributed by atoms with van der Waals surface area (Å²) in [6.45, 7) is 3.94. The van der Waals surface area contributed by atoms with Crippen LogP contribution < -0.4 is 16.0 Å². The van der Waals surface area contributed by atoms with Crippen molar-refractivity contribution < 1.29 is 41.6 Å². The summed E-state index contributed by atoms with van der Waals surface area (Å²) in [6, 6.07) is 13.8. The number of hydrogen-bond donors (Lipinski definition) is 4. The number of carbonyl (C=O) groups is 4. The first-order valence-electron chi connectivity index (χ1n) is 13.2. The van der Waals surface area contributed by atoms with Crippen molar-refractivity contribution in [1.29, 1.82) is 0 Å². The van der Waals surface area contributed by atoms with Crippen molar-refractivity contribution in [1.82, 2.24) is 16.0 Å². The van der Waals surface area contributed by atoms with Crippen LogP contribution in [0.15, 0.2) is 60.7 Å². The minimum atomic E-state index is -5.08. The lowest BCUT2D eigenvalue weighted by Gasteiger charge is -2.29. The number of carbonyl (C=O) groups excluding carboxylic acids is 4. The molecule has 1 heterocycles. The monoisotopic (exact) mass is 589 g/mol. The summed E-state index contributed by atoms with van der Waals surface area (Å²) in [5, 5.41) is 7.64. The molecule has 3 amide bonds. The highest BCUT2D eigenvalue weighted by molar-refractivity contribution is 7.86. The quantitative estimate of drug-likeness (QED) is 0.202. The van der Waals surface area contributed by atoms with Crippen LogP contribution in [0.5, 0.6) is 0 Å². The topological polar surface area (TPSA) is 177 Å². The second-order valence-corrected chi connectivity index (χ2v) is 11.7. The molecule has 0 radical (unpaired) electrons. The predicted octanol–water partition coefficient (Wildman–Crippen LogP) is 2.41. The molecule has 0 bridgehead atoms. The minimum absolute atomic E-state index is 0.0188. The van der Waals surface area contributed by atoms with E-state index in [2.05, 4.69) is 16.0 Å². The van der Waals surface area contributed by atoms with Gasteiger partial charge in [0.1, 0.15) is 12.6 Å². The molecule has 13 heteroatoms. The molecule has 0 aromatic heterocycles. The Labute approximate surface area is 238 Å². The summed E-state index contributed by atoms with van der Waals surface area (Å²) in [5.74, 6) is -3.01. The van der Waals surface area contributed by atoms with Crippen LogP contribution in [0.4, 0.5) is 4.79 Å². The summed E-state index contributed by atoms with van der Waals surface area (Å²) < 4.78 is 45.4. The van der Waals surface area contributed by atoms with Gasteiger partial charge in [-0.15, -0.1) is 0 Å². The number of esters is 1. The lowest BCUT2D eigenvalue weighted by atomic mass is 9.97. The van der Waals surface area contributed by atoms with Gasteiger partial charge in [0.25, 0.3) is 0 Å². The molecular weight excluding hydrogens is 554 g/mol. The molecule has 2 aromatic carbocycles. The summed E-state index contributed by atoms with van der Waals surface area (Å²) in [6.07, 6.45) is -0.626. The predicted molar refractivity (Wildman–Crippen MR) is 148 cm³/mol. The SMILES string of the molecule is CC(C)C[C@H](NC(=O)OCc1ccccc1)C(=O)N[C@@H](C[C@@H]1CCNC1=O)C(OC(=O)c1ccccc1)S(=O)(=O)O. The maximum Gasteiger partial charge on any atom is 0.408 e. The Bertz CT molecular complexity index is 1300. The molecule has 3 rings (SSSR count). The fourth-order valence-corrected chi connectivity index (χ4v) is 5.21. The van der Waals surface area contributed by atoms with Crippen molar-refractivity contribution >= 4 is 34.0 Å². The third-order valence-corrected chi connectivity index (χ3v) is 7.42. The molecule has 0 aliphatic carbocycles. The van der Waals surface area contributed by atoms with E-state index in [1.165, 1.54) is 12.1 Å². The number of amides is 3. The smallest absolute Gasteiger partial charge is 0.408 e. The molecule has 1 fully saturated rings. The standard InChI is InChI=1S/C28H35N3O9S/c1-18(2)15-22(31-28(35)39-17-19-9-5-3-6-10-19)25(33)30-23(16-21-13-14-29-24(21)32)27(41(36,37)38)40-26(34)20-11-7-4-8-12-20/h3-12,18,21-23,27H,13-17H2,1-2H3,(H,29,32)(H,30,33)(H,31,35)(H,36,37,38)/t21-,22-,23-,27?/m0/s1. The van der Waals surface area contributed by atoms with Crippen LogP contribution in [0.2, 0.25) is 0 Å². The molecular formula is C28H35N3O9S. The van der Waals surface area contributed by atoms with Gasteiger partial charge in [0.15, 0.2) is 0 Å². The molecule has 0 saturated carbocycles. The van der Waals surface area contributed by atoms with Gasteiger partial charge in [0.2, 0.25) is 17.3 Å². The zero-order chi connectivity index (χ0) is 30.0. The maximum absolute atomic E-state index is 13.4. The lowest BCUT2D eigenvalue weighted by molar-refractivity contribution is -0.126. The lowest BCUT2D eigenvalue weighted by Crippen LogP contribution is -2.55. The van der Waals surface area contributed by atoms with Crippen LogP contribution in [0.1, 0.15) is 49.0 Å². The Kier molecular flexibility index (Phi) is 11.2. The van der Waals surface area contributed by atoms with Gasteiger partial charge >= 0.3 is 22.2 Å². The van der Waals surface area contributed by atoms with E-state index in [1.807, 2.05) is 19.9 Å². The van der Waals surface area contributed by atoms with Crippen LogP contribution in [0.3, 0.4) is 0 Å². The Morgan fingerprint density at radius 1 is 1.02 bits per heavy atom. The van der Waals surface area contributed by atoms with Crippen LogP contribution >= 0.6 is 0 Å². The van der Waals surface area contributed by atoms with E-state index >= 15 is 0 Å². The third-order valence-electron chi connectivity index (χ3n) is 6.41. The van der Waals surface area contributed by atoms with E-state index in [0.29, 0.717) is 13.0 Å². The average Bonchev–Trinajstić information content (AvgIpc) is 3.33. The molecule has 4 N–H and O–H groups in total. The molecule has 1 saturated heterocycles. The average molecular weight is 590 g/mol. The molecule has 12 nitrogen and oxygen atoms in total. The van der Waals surface area contributed by atoms with E-state index in [-0.39, 0.29) is 36.8 Å². The van der Waals surface area contributed by atoms with Crippen molar-refractivity contribution in [3.8, 4) is 0 Å². The number of ether oxygens (including phenoxy) is 2. The van der Waals surface area contributed by atoms with Gasteiger partial charge in [0, 0.05) is 12.5 Å². The summed E-state index contributed by atoms with van der Waals surface area (Å²) in [5.41, 5.74) is -1.47. The van der Waals surface area contributed by atoms with Gasteiger partial charge in [-0.3, -0.25) is 14.1 Å². The van der Waals surface area contributed by atoms with Gasteiger partial charge in [-0.05, 0) is 42.9 Å². The molecule has 2 aromatic rings. The van der Waals surface area contributed by atoms with Gasteiger partial charge in [0.05, 0.1) is 11.6 Å². The van der Waals surface area contributed by atoms with E-state index in [0.717, 1.165) is 5.56 Å². The first-order chi connectivity index (χ1) is 19.4. The van der Waals surface area contributed by atoms with Crippen molar-refractivity contribution in [2.75, 3.05) is 6.54 Å². The fraction of sp³-hybridized carbons (Fsp3) is 0.429. The summed E-state index contributed by atoms with van der Waals surface area (Å²) in [4.78, 5) is 51.0. The largest absolute Gasteiger partial charge is 0.445 e. The molecule has 4 atom stereocenters. The van der Waals surface area contributed by atoms with E-state index in [4.69, 9.17) is 9.47 Å². The van der Waals surface area contributed by atoms with E-state index in [9.17, 15) is 32.1 Å². The highest BCUT2D eigenvalue weighted by atomic mass is 32.2. The van der Waals surface area contributed by atoms with Crippen LogP contribution in [0, 0.1) is 11.8 Å².